The molecule has 0 unspecified atom stereocenters. The smallest absolute Gasteiger partial charge is 0.339 e. The standard InChI is InChI=1S/C12H14O4/c1-4-5-8-6-7-9(12(13)14)11(16-3)10(8)15-2/h4,6-7H,1,5H2,2-3H3,(H,13,14). The normalized spacial score (nSPS) is 9.62. The Hall–Kier alpha value is -1.97. The molecule has 0 atom stereocenters. The predicted molar refractivity (Wildman–Crippen MR) is 60.4 cm³/mol. The number of aromatic carboxylic acids is 1. The minimum Gasteiger partial charge on any atom is -0.493 e. The van der Waals surface area contributed by atoms with Gasteiger partial charge in [-0.3, -0.25) is 0 Å². The second-order valence-corrected chi connectivity index (χ2v) is 3.14. The van der Waals surface area contributed by atoms with Gasteiger partial charge in [0.2, 0.25) is 0 Å². The number of ether oxygens (including phenoxy) is 2. The first-order valence-corrected chi connectivity index (χ1v) is 4.73. The number of methoxy groups -OCH3 is 2. The Morgan fingerprint density at radius 1 is 1.38 bits per heavy atom. The predicted octanol–water partition coefficient (Wildman–Crippen LogP) is 2.13. The largest absolute Gasteiger partial charge is 0.493 e. The van der Waals surface area contributed by atoms with Crippen LogP contribution in [-0.2, 0) is 6.42 Å². The molecule has 0 amide bonds. The molecule has 0 saturated carbocycles. The Kier molecular flexibility index (Phi) is 3.94. The van der Waals surface area contributed by atoms with Crippen LogP contribution in [0.3, 0.4) is 0 Å². The average molecular weight is 222 g/mol. The molecular formula is C12H14O4. The number of hydrogen-bond donors (Lipinski definition) is 1. The molecule has 0 bridgehead atoms. The van der Waals surface area contributed by atoms with E-state index in [0.717, 1.165) is 5.56 Å². The highest BCUT2D eigenvalue weighted by Crippen LogP contribution is 2.35. The van der Waals surface area contributed by atoms with Crippen molar-refractivity contribution >= 4 is 5.97 Å². The van der Waals surface area contributed by atoms with Crippen LogP contribution < -0.4 is 9.47 Å². The van der Waals surface area contributed by atoms with Crippen molar-refractivity contribution in [2.75, 3.05) is 14.2 Å². The van der Waals surface area contributed by atoms with Crippen LogP contribution in [0, 0.1) is 0 Å². The number of allylic oxidation sites excluding steroid dienone is 1. The van der Waals surface area contributed by atoms with E-state index in [1.807, 2.05) is 0 Å². The first-order valence-electron chi connectivity index (χ1n) is 4.73. The average Bonchev–Trinajstić information content (AvgIpc) is 2.28. The molecule has 1 aromatic carbocycles. The fourth-order valence-corrected chi connectivity index (χ4v) is 1.51. The summed E-state index contributed by atoms with van der Waals surface area (Å²) in [4.78, 5) is 11.0. The van der Waals surface area contributed by atoms with E-state index in [4.69, 9.17) is 14.6 Å². The van der Waals surface area contributed by atoms with Crippen molar-refractivity contribution in [2.24, 2.45) is 0 Å². The molecule has 1 aromatic rings. The van der Waals surface area contributed by atoms with Gasteiger partial charge in [0.1, 0.15) is 5.56 Å². The molecule has 0 aliphatic rings. The Morgan fingerprint density at radius 3 is 2.44 bits per heavy atom. The Bertz CT molecular complexity index is 410. The first-order chi connectivity index (χ1) is 7.65. The topological polar surface area (TPSA) is 55.8 Å². The zero-order valence-electron chi connectivity index (χ0n) is 9.32. The second kappa shape index (κ2) is 5.21. The van der Waals surface area contributed by atoms with E-state index in [9.17, 15) is 4.79 Å². The van der Waals surface area contributed by atoms with Gasteiger partial charge in [-0.15, -0.1) is 6.58 Å². The maximum absolute atomic E-state index is 11.0. The van der Waals surface area contributed by atoms with Crippen molar-refractivity contribution in [3.05, 3.63) is 35.9 Å². The summed E-state index contributed by atoms with van der Waals surface area (Å²) < 4.78 is 10.3. The van der Waals surface area contributed by atoms with Gasteiger partial charge in [0.05, 0.1) is 14.2 Å². The van der Waals surface area contributed by atoms with Crippen LogP contribution in [0.5, 0.6) is 11.5 Å². The van der Waals surface area contributed by atoms with E-state index in [1.54, 1.807) is 12.1 Å². The maximum atomic E-state index is 11.0. The highest BCUT2D eigenvalue weighted by Gasteiger charge is 2.18. The quantitative estimate of drug-likeness (QED) is 0.775. The lowest BCUT2D eigenvalue weighted by atomic mass is 10.1. The molecule has 86 valence electrons. The molecule has 1 N–H and O–H groups in total. The van der Waals surface area contributed by atoms with Crippen LogP contribution in [0.1, 0.15) is 15.9 Å². The molecule has 1 rings (SSSR count). The molecule has 0 aromatic heterocycles. The first kappa shape index (κ1) is 12.1. The van der Waals surface area contributed by atoms with Gasteiger partial charge in [-0.2, -0.15) is 0 Å². The molecule has 0 spiro atoms. The van der Waals surface area contributed by atoms with Crippen molar-refractivity contribution < 1.29 is 19.4 Å². The molecule has 0 saturated heterocycles. The number of rotatable bonds is 5. The fraction of sp³-hybridized carbons (Fsp3) is 0.250. The molecular weight excluding hydrogens is 208 g/mol. The van der Waals surface area contributed by atoms with Gasteiger partial charge in [-0.1, -0.05) is 12.1 Å². The van der Waals surface area contributed by atoms with Gasteiger partial charge < -0.3 is 14.6 Å². The minimum absolute atomic E-state index is 0.0900. The lowest BCUT2D eigenvalue weighted by Crippen LogP contribution is -2.04. The molecule has 0 heterocycles. The lowest BCUT2D eigenvalue weighted by molar-refractivity contribution is 0.0692. The van der Waals surface area contributed by atoms with Crippen LogP contribution in [0.4, 0.5) is 0 Å². The van der Waals surface area contributed by atoms with Gasteiger partial charge in [-0.05, 0) is 12.5 Å². The Morgan fingerprint density at radius 2 is 2.00 bits per heavy atom. The van der Waals surface area contributed by atoms with Gasteiger partial charge in [0.15, 0.2) is 11.5 Å². The van der Waals surface area contributed by atoms with E-state index in [2.05, 4.69) is 6.58 Å². The van der Waals surface area contributed by atoms with Crippen LogP contribution >= 0.6 is 0 Å². The highest BCUT2D eigenvalue weighted by molar-refractivity contribution is 5.92. The van der Waals surface area contributed by atoms with E-state index < -0.39 is 5.97 Å². The lowest BCUT2D eigenvalue weighted by Gasteiger charge is -2.13. The van der Waals surface area contributed by atoms with Gasteiger partial charge >= 0.3 is 5.97 Å². The molecule has 16 heavy (non-hydrogen) atoms. The van der Waals surface area contributed by atoms with Crippen LogP contribution in [-0.4, -0.2) is 25.3 Å². The molecule has 0 aliphatic heterocycles. The number of carbonyl (C=O) groups is 1. The zero-order valence-corrected chi connectivity index (χ0v) is 9.32. The number of carboxylic acid groups (broad SMARTS) is 1. The molecule has 0 aliphatic carbocycles. The van der Waals surface area contributed by atoms with Crippen molar-refractivity contribution in [3.63, 3.8) is 0 Å². The highest BCUT2D eigenvalue weighted by atomic mass is 16.5. The third-order valence-corrected chi connectivity index (χ3v) is 2.20. The van der Waals surface area contributed by atoms with E-state index in [1.165, 1.54) is 20.3 Å². The number of benzene rings is 1. The Balaban J connectivity index is 3.39. The van der Waals surface area contributed by atoms with Gasteiger partial charge in [0.25, 0.3) is 0 Å². The van der Waals surface area contributed by atoms with Crippen LogP contribution in [0.25, 0.3) is 0 Å². The summed E-state index contributed by atoms with van der Waals surface area (Å²) in [7, 11) is 2.90. The molecule has 4 nitrogen and oxygen atoms in total. The van der Waals surface area contributed by atoms with Crippen LogP contribution in [0.15, 0.2) is 24.8 Å². The maximum Gasteiger partial charge on any atom is 0.339 e. The van der Waals surface area contributed by atoms with E-state index >= 15 is 0 Å². The number of carboxylic acids is 1. The third kappa shape index (κ3) is 2.16. The van der Waals surface area contributed by atoms with E-state index in [0.29, 0.717) is 12.2 Å². The zero-order chi connectivity index (χ0) is 12.1. The summed E-state index contributed by atoms with van der Waals surface area (Å²) in [6.07, 6.45) is 2.32. The summed E-state index contributed by atoms with van der Waals surface area (Å²) in [6.45, 7) is 3.63. The van der Waals surface area contributed by atoms with E-state index in [-0.39, 0.29) is 11.3 Å². The summed E-state index contributed by atoms with van der Waals surface area (Å²) in [5.41, 5.74) is 0.937. The summed E-state index contributed by atoms with van der Waals surface area (Å²) in [5.74, 6) is -0.350. The molecule has 4 heteroatoms. The van der Waals surface area contributed by atoms with Gasteiger partial charge in [0, 0.05) is 5.56 Å². The van der Waals surface area contributed by atoms with Crippen molar-refractivity contribution in [1.29, 1.82) is 0 Å². The Labute approximate surface area is 94.1 Å². The SMILES string of the molecule is C=CCc1ccc(C(=O)O)c(OC)c1OC. The van der Waals surface area contributed by atoms with Gasteiger partial charge in [-0.25, -0.2) is 4.79 Å². The van der Waals surface area contributed by atoms with Crippen LogP contribution in [0.2, 0.25) is 0 Å². The molecule has 0 radical (unpaired) electrons. The number of hydrogen-bond acceptors (Lipinski definition) is 3. The van der Waals surface area contributed by atoms with Crippen molar-refractivity contribution in [1.82, 2.24) is 0 Å². The second-order valence-electron chi connectivity index (χ2n) is 3.14. The third-order valence-electron chi connectivity index (χ3n) is 2.20. The summed E-state index contributed by atoms with van der Waals surface area (Å²) in [5, 5.41) is 8.98. The minimum atomic E-state index is -1.04. The summed E-state index contributed by atoms with van der Waals surface area (Å²) >= 11 is 0. The van der Waals surface area contributed by atoms with Crippen molar-refractivity contribution in [2.45, 2.75) is 6.42 Å². The summed E-state index contributed by atoms with van der Waals surface area (Å²) in [6, 6.07) is 3.20. The molecule has 0 fully saturated rings. The fourth-order valence-electron chi connectivity index (χ4n) is 1.51. The monoisotopic (exact) mass is 222 g/mol. The van der Waals surface area contributed by atoms with Crippen molar-refractivity contribution in [3.8, 4) is 11.5 Å².